The van der Waals surface area contributed by atoms with E-state index in [0.717, 1.165) is 12.0 Å². The Labute approximate surface area is 130 Å². The van der Waals surface area contributed by atoms with E-state index in [-0.39, 0.29) is 5.75 Å². The molecule has 2 N–H and O–H groups in total. The first kappa shape index (κ1) is 17.7. The molecule has 1 rings (SSSR count). The van der Waals surface area contributed by atoms with Gasteiger partial charge in [-0.15, -0.1) is 0 Å². The zero-order valence-corrected chi connectivity index (χ0v) is 13.8. The van der Waals surface area contributed by atoms with E-state index < -0.39 is 9.84 Å². The van der Waals surface area contributed by atoms with Crippen molar-refractivity contribution in [2.45, 2.75) is 12.8 Å². The van der Waals surface area contributed by atoms with E-state index in [4.69, 9.17) is 11.6 Å². The number of nitrogens with one attached hydrogen (secondary N) is 2. The second-order valence-electron chi connectivity index (χ2n) is 4.65. The molecule has 0 radical (unpaired) electrons. The molecule has 0 bridgehead atoms. The quantitative estimate of drug-likeness (QED) is 0.335. The molecule has 0 aliphatic heterocycles. The average molecular weight is 333 g/mol. The van der Waals surface area contributed by atoms with Crippen LogP contribution in [0.25, 0.3) is 0 Å². The molecule has 0 atom stereocenters. The van der Waals surface area contributed by atoms with Crippen LogP contribution in [0.5, 0.6) is 0 Å². The van der Waals surface area contributed by atoms with Crippen molar-refractivity contribution in [1.29, 1.82) is 0 Å². The average Bonchev–Trinajstić information content (AvgIpc) is 2.42. The van der Waals surface area contributed by atoms with Crippen LogP contribution in [0.3, 0.4) is 0 Å². The van der Waals surface area contributed by atoms with Gasteiger partial charge in [0.2, 0.25) is 0 Å². The summed E-state index contributed by atoms with van der Waals surface area (Å²) in [6.07, 6.45) is 4.33. The summed E-state index contributed by atoms with van der Waals surface area (Å²) in [5, 5.41) is 6.72. The van der Waals surface area contributed by atoms with E-state index in [0.29, 0.717) is 30.6 Å². The molecule has 0 spiro atoms. The van der Waals surface area contributed by atoms with Gasteiger partial charge in [-0.25, -0.2) is 13.4 Å². The van der Waals surface area contributed by atoms with Crippen molar-refractivity contribution >= 4 is 27.4 Å². The molecule has 0 saturated heterocycles. The topological polar surface area (TPSA) is 83.5 Å². The zero-order valence-electron chi connectivity index (χ0n) is 12.3. The molecule has 21 heavy (non-hydrogen) atoms. The fourth-order valence-corrected chi connectivity index (χ4v) is 2.42. The Bertz CT molecular complexity index is 558. The number of sulfone groups is 1. The van der Waals surface area contributed by atoms with Gasteiger partial charge in [0.15, 0.2) is 5.96 Å². The van der Waals surface area contributed by atoms with E-state index in [9.17, 15) is 8.42 Å². The number of pyridine rings is 1. The van der Waals surface area contributed by atoms with Crippen molar-refractivity contribution in [1.82, 2.24) is 15.6 Å². The van der Waals surface area contributed by atoms with Gasteiger partial charge in [-0.05, 0) is 24.5 Å². The largest absolute Gasteiger partial charge is 0.356 e. The monoisotopic (exact) mass is 332 g/mol. The maximum atomic E-state index is 11.0. The van der Waals surface area contributed by atoms with Gasteiger partial charge in [-0.3, -0.25) is 4.99 Å². The van der Waals surface area contributed by atoms with Gasteiger partial charge in [0.05, 0.1) is 5.75 Å². The lowest BCUT2D eigenvalue weighted by Gasteiger charge is -2.11. The highest BCUT2D eigenvalue weighted by molar-refractivity contribution is 7.90. The Morgan fingerprint density at radius 1 is 1.33 bits per heavy atom. The lowest BCUT2D eigenvalue weighted by atomic mass is 10.2. The summed E-state index contributed by atoms with van der Waals surface area (Å²) in [6.45, 7) is 1.27. The SMILES string of the molecule is CN=C(NCCCS(C)(=O)=O)NCCc1ccc(Cl)nc1. The van der Waals surface area contributed by atoms with Crippen molar-refractivity contribution in [2.24, 2.45) is 4.99 Å². The molecule has 0 aromatic carbocycles. The zero-order chi connectivity index (χ0) is 15.7. The summed E-state index contributed by atoms with van der Waals surface area (Å²) < 4.78 is 22.0. The number of guanidine groups is 1. The van der Waals surface area contributed by atoms with Gasteiger partial charge < -0.3 is 10.6 Å². The van der Waals surface area contributed by atoms with Crippen LogP contribution in [0.15, 0.2) is 23.3 Å². The van der Waals surface area contributed by atoms with Crippen LogP contribution in [0.4, 0.5) is 0 Å². The molecule has 1 aromatic rings. The highest BCUT2D eigenvalue weighted by Crippen LogP contribution is 2.05. The minimum atomic E-state index is -2.90. The van der Waals surface area contributed by atoms with E-state index in [1.165, 1.54) is 6.26 Å². The predicted octanol–water partition coefficient (Wildman–Crippen LogP) is 0.877. The third-order valence-electron chi connectivity index (χ3n) is 2.70. The van der Waals surface area contributed by atoms with Crippen LogP contribution in [0.1, 0.15) is 12.0 Å². The Balaban J connectivity index is 2.24. The number of rotatable bonds is 7. The highest BCUT2D eigenvalue weighted by Gasteiger charge is 2.02. The fraction of sp³-hybridized carbons (Fsp3) is 0.538. The number of halogens is 1. The van der Waals surface area contributed by atoms with Gasteiger partial charge in [0, 0.05) is 32.6 Å². The van der Waals surface area contributed by atoms with Crippen LogP contribution >= 0.6 is 11.6 Å². The Kier molecular flexibility index (Phi) is 7.45. The smallest absolute Gasteiger partial charge is 0.190 e. The maximum absolute atomic E-state index is 11.0. The van der Waals surface area contributed by atoms with Crippen molar-refractivity contribution in [3.05, 3.63) is 29.0 Å². The minimum Gasteiger partial charge on any atom is -0.356 e. The Morgan fingerprint density at radius 3 is 2.62 bits per heavy atom. The molecule has 1 aromatic heterocycles. The first-order chi connectivity index (χ1) is 9.90. The van der Waals surface area contributed by atoms with Crippen molar-refractivity contribution < 1.29 is 8.42 Å². The number of aliphatic imine (C=N–C) groups is 1. The van der Waals surface area contributed by atoms with Crippen LogP contribution in [0.2, 0.25) is 5.15 Å². The first-order valence-corrected chi connectivity index (χ1v) is 9.07. The summed E-state index contributed by atoms with van der Waals surface area (Å²) in [6, 6.07) is 3.69. The summed E-state index contributed by atoms with van der Waals surface area (Å²) in [4.78, 5) is 8.09. The third-order valence-corrected chi connectivity index (χ3v) is 3.96. The van der Waals surface area contributed by atoms with Gasteiger partial charge >= 0.3 is 0 Å². The number of aromatic nitrogens is 1. The lowest BCUT2D eigenvalue weighted by Crippen LogP contribution is -2.39. The van der Waals surface area contributed by atoms with Crippen LogP contribution < -0.4 is 10.6 Å². The molecular weight excluding hydrogens is 312 g/mol. The second kappa shape index (κ2) is 8.84. The second-order valence-corrected chi connectivity index (χ2v) is 7.30. The molecule has 6 nitrogen and oxygen atoms in total. The molecule has 0 aliphatic carbocycles. The van der Waals surface area contributed by atoms with Gasteiger partial charge in [-0.1, -0.05) is 17.7 Å². The summed E-state index contributed by atoms with van der Waals surface area (Å²) in [7, 11) is -1.23. The molecular formula is C13H21ClN4O2S. The number of hydrogen-bond acceptors (Lipinski definition) is 4. The van der Waals surface area contributed by atoms with E-state index in [2.05, 4.69) is 20.6 Å². The fourth-order valence-electron chi connectivity index (χ4n) is 1.64. The molecule has 118 valence electrons. The van der Waals surface area contributed by atoms with Crippen LogP contribution in [0, 0.1) is 0 Å². The van der Waals surface area contributed by atoms with Crippen molar-refractivity contribution in [3.63, 3.8) is 0 Å². The summed E-state index contributed by atoms with van der Waals surface area (Å²) in [5.41, 5.74) is 1.08. The molecule has 8 heteroatoms. The standard InChI is InChI=1S/C13H21ClN4O2S/c1-15-13(16-7-3-9-21(2,19)20)17-8-6-11-4-5-12(14)18-10-11/h4-5,10H,3,6-9H2,1-2H3,(H2,15,16,17). The number of hydrogen-bond donors (Lipinski definition) is 2. The molecule has 0 saturated carbocycles. The van der Waals surface area contributed by atoms with E-state index in [1.807, 2.05) is 6.07 Å². The van der Waals surface area contributed by atoms with Crippen molar-refractivity contribution in [2.75, 3.05) is 32.1 Å². The van der Waals surface area contributed by atoms with Crippen LogP contribution in [-0.4, -0.2) is 51.5 Å². The van der Waals surface area contributed by atoms with Gasteiger partial charge in [-0.2, -0.15) is 0 Å². The minimum absolute atomic E-state index is 0.174. The van der Waals surface area contributed by atoms with E-state index in [1.54, 1.807) is 19.3 Å². The molecule has 1 heterocycles. The van der Waals surface area contributed by atoms with Gasteiger partial charge in [0.25, 0.3) is 0 Å². The maximum Gasteiger partial charge on any atom is 0.190 e. The first-order valence-electron chi connectivity index (χ1n) is 6.63. The third kappa shape index (κ3) is 8.52. The van der Waals surface area contributed by atoms with Gasteiger partial charge in [0.1, 0.15) is 15.0 Å². The Hall–Kier alpha value is -1.34. The normalized spacial score (nSPS) is 12.2. The lowest BCUT2D eigenvalue weighted by molar-refractivity contribution is 0.598. The predicted molar refractivity (Wildman–Crippen MR) is 86.6 cm³/mol. The highest BCUT2D eigenvalue weighted by atomic mass is 35.5. The molecule has 0 aliphatic rings. The van der Waals surface area contributed by atoms with Crippen molar-refractivity contribution in [3.8, 4) is 0 Å². The van der Waals surface area contributed by atoms with E-state index >= 15 is 0 Å². The number of nitrogens with zero attached hydrogens (tertiary/aromatic N) is 2. The summed E-state index contributed by atoms with van der Waals surface area (Å²) >= 11 is 5.72. The molecule has 0 amide bonds. The Morgan fingerprint density at radius 2 is 2.05 bits per heavy atom. The summed E-state index contributed by atoms with van der Waals surface area (Å²) in [5.74, 6) is 0.832. The molecule has 0 unspecified atom stereocenters. The van der Waals surface area contributed by atoms with Crippen LogP contribution in [-0.2, 0) is 16.3 Å². The molecule has 0 fully saturated rings.